The third-order valence-electron chi connectivity index (χ3n) is 3.42. The Kier molecular flexibility index (Phi) is 5.47. The summed E-state index contributed by atoms with van der Waals surface area (Å²) in [5, 5.41) is 13.0. The van der Waals surface area contributed by atoms with Crippen LogP contribution in [0.2, 0.25) is 0 Å². The summed E-state index contributed by atoms with van der Waals surface area (Å²) in [5.41, 5.74) is 1.40. The third-order valence-corrected chi connectivity index (χ3v) is 3.42. The molecule has 126 valence electrons. The minimum atomic E-state index is -0.732. The van der Waals surface area contributed by atoms with Crippen molar-refractivity contribution in [1.82, 2.24) is 0 Å². The van der Waals surface area contributed by atoms with Gasteiger partial charge in [0.25, 0.3) is 5.69 Å². The van der Waals surface area contributed by atoms with Gasteiger partial charge in [-0.2, -0.15) is 0 Å². The second-order valence-electron chi connectivity index (χ2n) is 5.29. The van der Waals surface area contributed by atoms with Gasteiger partial charge >= 0.3 is 0 Å². The number of nitrogens with one attached hydrogen (secondary N) is 1. The van der Waals surface area contributed by atoms with E-state index >= 15 is 0 Å². The smallest absolute Gasteiger partial charge is 0.271 e. The number of halogens is 1. The molecule has 0 aliphatic rings. The average Bonchev–Trinajstić information content (AvgIpc) is 2.52. The Morgan fingerprint density at radius 1 is 1.25 bits per heavy atom. The fraction of sp³-hybridized carbons (Fsp3) is 0.235. The molecular formula is C17H17FN2O4. The standard InChI is InChI=1S/C17H17FN2O4/c1-11-4-3-5-12(2)17(11)24-9-8-16(21)19-15-10-13(20(22)23)6-7-14(15)18/h3-7,10H,8-9H2,1-2H3,(H,19,21). The zero-order valence-corrected chi connectivity index (χ0v) is 13.3. The molecule has 1 amide bonds. The van der Waals surface area contributed by atoms with Crippen LogP contribution in [0, 0.1) is 29.8 Å². The van der Waals surface area contributed by atoms with Crippen LogP contribution in [-0.2, 0) is 4.79 Å². The first-order chi connectivity index (χ1) is 11.4. The lowest BCUT2D eigenvalue weighted by atomic mass is 10.1. The molecule has 2 rings (SSSR count). The molecule has 0 unspecified atom stereocenters. The van der Waals surface area contributed by atoms with Crippen LogP contribution in [-0.4, -0.2) is 17.4 Å². The normalized spacial score (nSPS) is 10.3. The summed E-state index contributed by atoms with van der Waals surface area (Å²) in [5.74, 6) is -0.503. The number of carbonyl (C=O) groups excluding carboxylic acids is 1. The molecule has 0 spiro atoms. The molecule has 7 heteroatoms. The molecule has 0 saturated heterocycles. The summed E-state index contributed by atoms with van der Waals surface area (Å²) in [7, 11) is 0. The van der Waals surface area contributed by atoms with E-state index in [0.717, 1.165) is 29.3 Å². The Balaban J connectivity index is 1.94. The van der Waals surface area contributed by atoms with Gasteiger partial charge in [-0.3, -0.25) is 14.9 Å². The Morgan fingerprint density at radius 3 is 2.54 bits per heavy atom. The van der Waals surface area contributed by atoms with Gasteiger partial charge in [0.2, 0.25) is 5.91 Å². The molecule has 0 heterocycles. The zero-order valence-electron chi connectivity index (χ0n) is 13.3. The molecule has 24 heavy (non-hydrogen) atoms. The maximum atomic E-state index is 13.6. The fourth-order valence-electron chi connectivity index (χ4n) is 2.21. The Morgan fingerprint density at radius 2 is 1.92 bits per heavy atom. The van der Waals surface area contributed by atoms with Gasteiger partial charge in [-0.25, -0.2) is 4.39 Å². The van der Waals surface area contributed by atoms with Crippen LogP contribution < -0.4 is 10.1 Å². The highest BCUT2D eigenvalue weighted by atomic mass is 19.1. The topological polar surface area (TPSA) is 81.5 Å². The number of nitro groups is 1. The minimum Gasteiger partial charge on any atom is -0.493 e. The predicted molar refractivity (Wildman–Crippen MR) is 87.7 cm³/mol. The van der Waals surface area contributed by atoms with E-state index in [1.54, 1.807) is 0 Å². The summed E-state index contributed by atoms with van der Waals surface area (Å²) in [6.45, 7) is 3.93. The van der Waals surface area contributed by atoms with Crippen LogP contribution in [0.15, 0.2) is 36.4 Å². The Hall–Kier alpha value is -2.96. The molecule has 0 bridgehead atoms. The van der Waals surface area contributed by atoms with Crippen LogP contribution in [0.5, 0.6) is 5.75 Å². The van der Waals surface area contributed by atoms with E-state index in [9.17, 15) is 19.3 Å². The summed E-state index contributed by atoms with van der Waals surface area (Å²) in [4.78, 5) is 21.9. The quantitative estimate of drug-likeness (QED) is 0.645. The van der Waals surface area contributed by atoms with Gasteiger partial charge in [-0.15, -0.1) is 0 Å². The van der Waals surface area contributed by atoms with E-state index in [0.29, 0.717) is 5.75 Å². The largest absolute Gasteiger partial charge is 0.493 e. The monoisotopic (exact) mass is 332 g/mol. The molecule has 0 fully saturated rings. The Labute approximate surface area is 138 Å². The van der Waals surface area contributed by atoms with E-state index < -0.39 is 16.6 Å². The van der Waals surface area contributed by atoms with Gasteiger partial charge in [-0.05, 0) is 31.0 Å². The molecule has 6 nitrogen and oxygen atoms in total. The number of ether oxygens (including phenoxy) is 1. The van der Waals surface area contributed by atoms with Crippen molar-refractivity contribution in [2.45, 2.75) is 20.3 Å². The summed E-state index contributed by atoms with van der Waals surface area (Å²) < 4.78 is 19.2. The van der Waals surface area contributed by atoms with Gasteiger partial charge in [0.05, 0.1) is 23.6 Å². The fourth-order valence-corrected chi connectivity index (χ4v) is 2.21. The van der Waals surface area contributed by atoms with Crippen LogP contribution in [0.3, 0.4) is 0 Å². The number of hydrogen-bond donors (Lipinski definition) is 1. The second-order valence-corrected chi connectivity index (χ2v) is 5.29. The number of nitrogens with zero attached hydrogens (tertiary/aromatic N) is 1. The van der Waals surface area contributed by atoms with Gasteiger partial charge in [0.15, 0.2) is 0 Å². The lowest BCUT2D eigenvalue weighted by molar-refractivity contribution is -0.384. The number of nitro benzene ring substituents is 1. The molecule has 0 aliphatic carbocycles. The number of non-ortho nitro benzene ring substituents is 1. The number of rotatable bonds is 6. The number of hydrogen-bond acceptors (Lipinski definition) is 4. The van der Waals surface area contributed by atoms with Gasteiger partial charge < -0.3 is 10.1 Å². The molecule has 0 atom stereocenters. The molecule has 2 aromatic rings. The summed E-state index contributed by atoms with van der Waals surface area (Å²) in [6, 6.07) is 8.69. The van der Waals surface area contributed by atoms with Crippen molar-refractivity contribution in [2.75, 3.05) is 11.9 Å². The number of aryl methyl sites for hydroxylation is 2. The zero-order chi connectivity index (χ0) is 17.7. The maximum absolute atomic E-state index is 13.6. The molecule has 0 aromatic heterocycles. The molecule has 0 aliphatic heterocycles. The maximum Gasteiger partial charge on any atom is 0.271 e. The average molecular weight is 332 g/mol. The SMILES string of the molecule is Cc1cccc(C)c1OCCC(=O)Nc1cc([N+](=O)[O-])ccc1F. The van der Waals surface area contributed by atoms with Gasteiger partial charge in [0, 0.05) is 12.1 Å². The molecule has 0 saturated carbocycles. The van der Waals surface area contributed by atoms with Crippen molar-refractivity contribution in [3.8, 4) is 5.75 Å². The van der Waals surface area contributed by atoms with E-state index in [-0.39, 0.29) is 24.4 Å². The molecule has 0 radical (unpaired) electrons. The van der Waals surface area contributed by atoms with Crippen molar-refractivity contribution >= 4 is 17.3 Å². The highest BCUT2D eigenvalue weighted by Crippen LogP contribution is 2.23. The number of carbonyl (C=O) groups is 1. The van der Waals surface area contributed by atoms with Crippen LogP contribution in [0.25, 0.3) is 0 Å². The first-order valence-corrected chi connectivity index (χ1v) is 7.31. The summed E-state index contributed by atoms with van der Waals surface area (Å²) in [6.07, 6.45) is -0.00406. The Bertz CT molecular complexity index is 757. The van der Waals surface area contributed by atoms with E-state index in [1.165, 1.54) is 0 Å². The van der Waals surface area contributed by atoms with E-state index in [4.69, 9.17) is 4.74 Å². The second kappa shape index (κ2) is 7.54. The van der Waals surface area contributed by atoms with Crippen molar-refractivity contribution in [2.24, 2.45) is 0 Å². The predicted octanol–water partition coefficient (Wildman–Crippen LogP) is 3.76. The van der Waals surface area contributed by atoms with Crippen molar-refractivity contribution in [1.29, 1.82) is 0 Å². The first-order valence-electron chi connectivity index (χ1n) is 7.31. The van der Waals surface area contributed by atoms with Crippen LogP contribution >= 0.6 is 0 Å². The van der Waals surface area contributed by atoms with Gasteiger partial charge in [-0.1, -0.05) is 18.2 Å². The number of para-hydroxylation sites is 1. The van der Waals surface area contributed by atoms with E-state index in [2.05, 4.69) is 5.32 Å². The molecule has 2 aromatic carbocycles. The molecule has 1 N–H and O–H groups in total. The van der Waals surface area contributed by atoms with Crippen LogP contribution in [0.4, 0.5) is 15.8 Å². The lowest BCUT2D eigenvalue weighted by Gasteiger charge is -2.12. The highest BCUT2D eigenvalue weighted by molar-refractivity contribution is 5.91. The van der Waals surface area contributed by atoms with Crippen molar-refractivity contribution in [3.63, 3.8) is 0 Å². The van der Waals surface area contributed by atoms with E-state index in [1.807, 2.05) is 32.0 Å². The highest BCUT2D eigenvalue weighted by Gasteiger charge is 2.13. The number of benzene rings is 2. The number of anilines is 1. The van der Waals surface area contributed by atoms with Crippen LogP contribution in [0.1, 0.15) is 17.5 Å². The van der Waals surface area contributed by atoms with Crippen molar-refractivity contribution < 1.29 is 18.8 Å². The van der Waals surface area contributed by atoms with Gasteiger partial charge in [0.1, 0.15) is 11.6 Å². The minimum absolute atomic E-state index is 0.00406. The first kappa shape index (κ1) is 17.4. The third kappa shape index (κ3) is 4.28. The molecular weight excluding hydrogens is 315 g/mol. The summed E-state index contributed by atoms with van der Waals surface area (Å²) >= 11 is 0. The number of amides is 1. The van der Waals surface area contributed by atoms with Crippen molar-refractivity contribution in [3.05, 3.63) is 63.5 Å². The lowest BCUT2D eigenvalue weighted by Crippen LogP contribution is -2.16.